The highest BCUT2D eigenvalue weighted by atomic mass is 35.5. The number of rotatable bonds is 5. The van der Waals surface area contributed by atoms with Crippen molar-refractivity contribution in [2.45, 2.75) is 6.42 Å². The fraction of sp³-hybridized carbons (Fsp3) is 0.0526. The molecule has 0 unspecified atom stereocenters. The first-order chi connectivity index (χ1) is 13.0. The van der Waals surface area contributed by atoms with Crippen molar-refractivity contribution in [3.8, 4) is 0 Å². The average molecular weight is 384 g/mol. The molecule has 8 heteroatoms. The Morgan fingerprint density at radius 2 is 2.00 bits per heavy atom. The van der Waals surface area contributed by atoms with Gasteiger partial charge in [0.1, 0.15) is 17.1 Å². The van der Waals surface area contributed by atoms with E-state index < -0.39 is 11.7 Å². The van der Waals surface area contributed by atoms with Gasteiger partial charge >= 0.3 is 0 Å². The zero-order valence-electron chi connectivity index (χ0n) is 14.0. The van der Waals surface area contributed by atoms with Crippen LogP contribution in [0.3, 0.4) is 0 Å². The molecule has 0 fully saturated rings. The van der Waals surface area contributed by atoms with Crippen molar-refractivity contribution in [2.24, 2.45) is 0 Å². The molecule has 6 nitrogen and oxygen atoms in total. The van der Waals surface area contributed by atoms with Crippen molar-refractivity contribution in [1.82, 2.24) is 9.55 Å². The molecule has 0 aliphatic carbocycles. The van der Waals surface area contributed by atoms with E-state index >= 15 is 0 Å². The summed E-state index contributed by atoms with van der Waals surface area (Å²) in [7, 11) is 0. The van der Waals surface area contributed by atoms with Crippen LogP contribution in [0, 0.1) is 16.6 Å². The third-order valence-electron chi connectivity index (χ3n) is 3.84. The summed E-state index contributed by atoms with van der Waals surface area (Å²) in [5.41, 5.74) is 2.15. The van der Waals surface area contributed by atoms with Crippen molar-refractivity contribution in [3.05, 3.63) is 87.9 Å². The highest BCUT2D eigenvalue weighted by molar-refractivity contribution is 6.30. The average Bonchev–Trinajstić information content (AvgIpc) is 2.66. The number of halogens is 2. The number of aromatic nitrogens is 2. The second kappa shape index (κ2) is 7.92. The topological polar surface area (TPSA) is 94.6 Å². The Labute approximate surface area is 159 Å². The van der Waals surface area contributed by atoms with Crippen LogP contribution in [0.2, 0.25) is 5.02 Å². The summed E-state index contributed by atoms with van der Waals surface area (Å²) in [6, 6.07) is 11.0. The third-order valence-corrected chi connectivity index (χ3v) is 4.13. The van der Waals surface area contributed by atoms with E-state index in [1.807, 2.05) is 6.07 Å². The predicted molar refractivity (Wildman–Crippen MR) is 101 cm³/mol. The summed E-state index contributed by atoms with van der Waals surface area (Å²) in [5.74, 6) is -0.479. The number of carbonyl (C=O) groups is 1. The van der Waals surface area contributed by atoms with Crippen molar-refractivity contribution < 1.29 is 9.18 Å². The Balaban J connectivity index is 1.70. The zero-order chi connectivity index (χ0) is 19.4. The SMILES string of the molecule is N=Cn1cc(C(=O)Nc2ccc(Cc3ccc(F)c(Cl)c3)cn2)ccc1=N. The minimum Gasteiger partial charge on any atom is -0.307 e. The van der Waals surface area contributed by atoms with Gasteiger partial charge < -0.3 is 5.32 Å². The highest BCUT2D eigenvalue weighted by Crippen LogP contribution is 2.18. The molecule has 0 saturated carbocycles. The summed E-state index contributed by atoms with van der Waals surface area (Å²) in [5, 5.41) is 17.6. The number of hydrogen-bond acceptors (Lipinski definition) is 4. The van der Waals surface area contributed by atoms with Crippen LogP contribution >= 0.6 is 11.6 Å². The highest BCUT2D eigenvalue weighted by Gasteiger charge is 2.08. The maximum absolute atomic E-state index is 13.2. The van der Waals surface area contributed by atoms with E-state index in [0.717, 1.165) is 17.5 Å². The summed E-state index contributed by atoms with van der Waals surface area (Å²) in [6.07, 6.45) is 4.51. The van der Waals surface area contributed by atoms with Gasteiger partial charge in [0.15, 0.2) is 0 Å². The molecular weight excluding hydrogens is 369 g/mol. The molecule has 27 heavy (non-hydrogen) atoms. The normalized spacial score (nSPS) is 10.4. The third kappa shape index (κ3) is 4.45. The lowest BCUT2D eigenvalue weighted by Crippen LogP contribution is -2.21. The van der Waals surface area contributed by atoms with Crippen LogP contribution in [-0.2, 0) is 6.42 Å². The number of amides is 1. The maximum atomic E-state index is 13.2. The number of nitrogens with zero attached hydrogens (tertiary/aromatic N) is 2. The summed E-state index contributed by atoms with van der Waals surface area (Å²) in [6.45, 7) is 0. The van der Waals surface area contributed by atoms with Crippen molar-refractivity contribution >= 4 is 29.7 Å². The summed E-state index contributed by atoms with van der Waals surface area (Å²) < 4.78 is 14.4. The molecule has 3 aromatic rings. The van der Waals surface area contributed by atoms with Crippen molar-refractivity contribution in [3.63, 3.8) is 0 Å². The molecule has 0 spiro atoms. The van der Waals surface area contributed by atoms with Crippen LogP contribution in [0.25, 0.3) is 0 Å². The molecule has 0 aliphatic heterocycles. The Morgan fingerprint density at radius 3 is 2.67 bits per heavy atom. The molecule has 2 heterocycles. The van der Waals surface area contributed by atoms with Gasteiger partial charge in [0.2, 0.25) is 0 Å². The monoisotopic (exact) mass is 383 g/mol. The second-order valence-corrected chi connectivity index (χ2v) is 6.18. The Bertz CT molecular complexity index is 1060. The molecule has 136 valence electrons. The van der Waals surface area contributed by atoms with Gasteiger partial charge in [-0.3, -0.25) is 20.2 Å². The molecule has 0 radical (unpaired) electrons. The summed E-state index contributed by atoms with van der Waals surface area (Å²) in [4.78, 5) is 16.5. The van der Waals surface area contributed by atoms with Gasteiger partial charge in [0, 0.05) is 12.4 Å². The largest absolute Gasteiger partial charge is 0.307 e. The number of benzene rings is 1. The van der Waals surface area contributed by atoms with E-state index in [4.69, 9.17) is 22.4 Å². The van der Waals surface area contributed by atoms with E-state index in [-0.39, 0.29) is 10.5 Å². The van der Waals surface area contributed by atoms with Crippen LogP contribution in [-0.4, -0.2) is 21.8 Å². The lowest BCUT2D eigenvalue weighted by Gasteiger charge is -2.07. The molecule has 3 rings (SSSR count). The van der Waals surface area contributed by atoms with Gasteiger partial charge in [-0.2, -0.15) is 0 Å². The second-order valence-electron chi connectivity index (χ2n) is 5.77. The minimum absolute atomic E-state index is 0.0743. The van der Waals surface area contributed by atoms with E-state index in [1.54, 1.807) is 24.4 Å². The van der Waals surface area contributed by atoms with Crippen molar-refractivity contribution in [2.75, 3.05) is 5.32 Å². The fourth-order valence-corrected chi connectivity index (χ4v) is 2.64. The van der Waals surface area contributed by atoms with Gasteiger partial charge in [-0.25, -0.2) is 9.37 Å². The van der Waals surface area contributed by atoms with Crippen LogP contribution in [0.15, 0.2) is 54.9 Å². The molecule has 3 N–H and O–H groups in total. The first kappa shape index (κ1) is 18.5. The smallest absolute Gasteiger partial charge is 0.258 e. The van der Waals surface area contributed by atoms with Crippen LogP contribution in [0.1, 0.15) is 21.5 Å². The molecule has 1 aromatic carbocycles. The molecule has 0 atom stereocenters. The van der Waals surface area contributed by atoms with Gasteiger partial charge in [-0.05, 0) is 47.9 Å². The number of hydrogen-bond donors (Lipinski definition) is 3. The van der Waals surface area contributed by atoms with Crippen LogP contribution in [0.4, 0.5) is 10.2 Å². The van der Waals surface area contributed by atoms with Crippen LogP contribution in [0.5, 0.6) is 0 Å². The van der Waals surface area contributed by atoms with E-state index in [9.17, 15) is 9.18 Å². The maximum Gasteiger partial charge on any atom is 0.258 e. The van der Waals surface area contributed by atoms with Gasteiger partial charge in [-0.15, -0.1) is 0 Å². The molecule has 1 amide bonds. The Morgan fingerprint density at radius 1 is 1.22 bits per heavy atom. The number of anilines is 1. The minimum atomic E-state index is -0.459. The standard InChI is InChI=1S/C19H15ClFN5O/c20-15-8-12(1-4-16(15)21)7-13-2-6-18(24-9-13)25-19(27)14-3-5-17(23)26(10-14)11-22/h1-6,8-11,22-23H,7H2,(H,24,25,27). The van der Waals surface area contributed by atoms with Crippen LogP contribution < -0.4 is 10.8 Å². The predicted octanol–water partition coefficient (Wildman–Crippen LogP) is 3.45. The van der Waals surface area contributed by atoms with Gasteiger partial charge in [-0.1, -0.05) is 23.7 Å². The Hall–Kier alpha value is -3.32. The Kier molecular flexibility index (Phi) is 5.42. The molecule has 0 bridgehead atoms. The van der Waals surface area contributed by atoms with E-state index in [0.29, 0.717) is 17.8 Å². The number of carbonyl (C=O) groups excluding carboxylic acids is 1. The lowest BCUT2D eigenvalue weighted by molar-refractivity contribution is 0.102. The summed E-state index contributed by atoms with van der Waals surface area (Å²) >= 11 is 5.79. The van der Waals surface area contributed by atoms with Gasteiger partial charge in [0.25, 0.3) is 5.91 Å². The molecule has 0 saturated heterocycles. The number of nitrogens with one attached hydrogen (secondary N) is 3. The first-order valence-corrected chi connectivity index (χ1v) is 8.31. The van der Waals surface area contributed by atoms with E-state index in [1.165, 1.54) is 29.0 Å². The van der Waals surface area contributed by atoms with Crippen molar-refractivity contribution in [1.29, 1.82) is 10.8 Å². The first-order valence-electron chi connectivity index (χ1n) is 7.94. The fourth-order valence-electron chi connectivity index (χ4n) is 2.44. The van der Waals surface area contributed by atoms with E-state index in [2.05, 4.69) is 10.3 Å². The number of pyridine rings is 2. The quantitative estimate of drug-likeness (QED) is 0.465. The zero-order valence-corrected chi connectivity index (χ0v) is 14.8. The lowest BCUT2D eigenvalue weighted by atomic mass is 10.1. The van der Waals surface area contributed by atoms with Gasteiger partial charge in [0.05, 0.1) is 16.9 Å². The molecular formula is C19H15ClFN5O. The molecule has 0 aliphatic rings. The molecule has 2 aromatic heterocycles.